The third-order valence-electron chi connectivity index (χ3n) is 5.02. The molecule has 2 aliphatic heterocycles. The number of benzene rings is 1. The summed E-state index contributed by atoms with van der Waals surface area (Å²) in [6, 6.07) is 2.59. The molecule has 164 valence electrons. The van der Waals surface area contributed by atoms with E-state index >= 15 is 0 Å². The Kier molecular flexibility index (Phi) is 6.62. The van der Waals surface area contributed by atoms with Gasteiger partial charge in [0.05, 0.1) is 62.1 Å². The van der Waals surface area contributed by atoms with Gasteiger partial charge in [-0.15, -0.1) is 0 Å². The van der Waals surface area contributed by atoms with Crippen molar-refractivity contribution in [3.05, 3.63) is 33.6 Å². The first-order chi connectivity index (χ1) is 14.4. The number of hydrogen-bond acceptors (Lipinski definition) is 9. The van der Waals surface area contributed by atoms with Crippen LogP contribution in [0.5, 0.6) is 5.75 Å². The summed E-state index contributed by atoms with van der Waals surface area (Å²) in [4.78, 5) is 32.2. The summed E-state index contributed by atoms with van der Waals surface area (Å²) < 4.78 is 26.6. The van der Waals surface area contributed by atoms with Crippen molar-refractivity contribution < 1.29 is 38.1 Å². The Bertz CT molecular complexity index is 863. The van der Waals surface area contributed by atoms with Gasteiger partial charge in [0.2, 0.25) is 5.79 Å². The van der Waals surface area contributed by atoms with Crippen LogP contribution in [0.1, 0.15) is 10.4 Å². The number of hydrogen-bond donors (Lipinski definition) is 0. The summed E-state index contributed by atoms with van der Waals surface area (Å²) >= 11 is 2.11. The molecular weight excluding hydrogens is 511 g/mol. The summed E-state index contributed by atoms with van der Waals surface area (Å²) in [5.74, 6) is -1.35. The largest absolute Gasteiger partial charge is 0.504 e. The standard InChI is InChI=1S/C19H23IN2O8/c1-25-7-6-19(29-5)16-13(22(16)18(24)28-4)10-21(30-19)12-8-11(17(23)27-3)9-14(26-2)15(12)20/h6-9,13,16H,10H2,1-5H3/b7-6-/t13-,16-,19-,22?/m0/s1. The van der Waals surface area contributed by atoms with E-state index in [2.05, 4.69) is 22.6 Å². The smallest absolute Gasteiger partial charge is 0.410 e. The minimum atomic E-state index is -1.31. The molecule has 2 fully saturated rings. The second-order valence-electron chi connectivity index (χ2n) is 6.51. The average molecular weight is 534 g/mol. The first kappa shape index (κ1) is 22.4. The van der Waals surface area contributed by atoms with Crippen molar-refractivity contribution >= 4 is 40.3 Å². The van der Waals surface area contributed by atoms with E-state index in [4.69, 9.17) is 28.5 Å². The minimum Gasteiger partial charge on any atom is -0.504 e. The van der Waals surface area contributed by atoms with Crippen LogP contribution in [0, 0.1) is 3.57 Å². The van der Waals surface area contributed by atoms with Gasteiger partial charge in [-0.25, -0.2) is 19.5 Å². The number of methoxy groups -OCH3 is 5. The summed E-state index contributed by atoms with van der Waals surface area (Å²) in [6.07, 6.45) is 2.53. The second kappa shape index (κ2) is 8.86. The van der Waals surface area contributed by atoms with Gasteiger partial charge < -0.3 is 23.7 Å². The zero-order valence-electron chi connectivity index (χ0n) is 17.2. The molecule has 0 N–H and O–H groups in total. The van der Waals surface area contributed by atoms with Crippen molar-refractivity contribution in [2.75, 3.05) is 47.2 Å². The van der Waals surface area contributed by atoms with Crippen LogP contribution in [0.3, 0.4) is 0 Å². The Balaban J connectivity index is 2.06. The van der Waals surface area contributed by atoms with Crippen molar-refractivity contribution in [3.8, 4) is 5.75 Å². The van der Waals surface area contributed by atoms with Crippen LogP contribution in [-0.2, 0) is 23.8 Å². The van der Waals surface area contributed by atoms with Crippen LogP contribution in [0.2, 0.25) is 0 Å². The number of esters is 1. The first-order valence-corrected chi connectivity index (χ1v) is 9.99. The highest BCUT2D eigenvalue weighted by atomic mass is 127. The van der Waals surface area contributed by atoms with E-state index in [0.29, 0.717) is 27.1 Å². The monoisotopic (exact) mass is 534 g/mol. The number of anilines is 1. The fourth-order valence-corrected chi connectivity index (χ4v) is 4.33. The predicted octanol–water partition coefficient (Wildman–Crippen LogP) is 2.16. The van der Waals surface area contributed by atoms with Gasteiger partial charge in [-0.1, -0.05) is 0 Å². The molecule has 0 aliphatic carbocycles. The van der Waals surface area contributed by atoms with E-state index in [1.807, 2.05) is 0 Å². The molecule has 3 rings (SSSR count). The lowest BCUT2D eigenvalue weighted by molar-refractivity contribution is -0.209. The van der Waals surface area contributed by atoms with Crippen molar-refractivity contribution in [1.82, 2.24) is 4.90 Å². The van der Waals surface area contributed by atoms with E-state index < -0.39 is 23.9 Å². The zero-order valence-corrected chi connectivity index (χ0v) is 19.4. The van der Waals surface area contributed by atoms with Crippen LogP contribution >= 0.6 is 22.6 Å². The molecule has 10 nitrogen and oxygen atoms in total. The minimum absolute atomic E-state index is 0.240. The maximum Gasteiger partial charge on any atom is 0.410 e. The van der Waals surface area contributed by atoms with Crippen molar-refractivity contribution in [3.63, 3.8) is 0 Å². The Labute approximate surface area is 187 Å². The molecule has 2 saturated heterocycles. The molecule has 3 atom stereocenters. The zero-order chi connectivity index (χ0) is 22.1. The van der Waals surface area contributed by atoms with Crippen LogP contribution in [0.25, 0.3) is 0 Å². The normalized spacial score (nSPS) is 25.0. The highest BCUT2D eigenvalue weighted by Gasteiger charge is 2.68. The van der Waals surface area contributed by atoms with E-state index in [9.17, 15) is 9.59 Å². The van der Waals surface area contributed by atoms with Gasteiger partial charge in [0.1, 0.15) is 11.8 Å². The molecule has 0 aromatic heterocycles. The molecule has 11 heteroatoms. The topological polar surface area (TPSA) is 95.8 Å². The number of rotatable bonds is 6. The molecule has 0 unspecified atom stereocenters. The third kappa shape index (κ3) is 3.76. The van der Waals surface area contributed by atoms with Gasteiger partial charge in [-0.2, -0.15) is 0 Å². The number of amides is 1. The molecule has 2 aliphatic rings. The summed E-state index contributed by atoms with van der Waals surface area (Å²) in [5, 5.41) is 1.57. The first-order valence-electron chi connectivity index (χ1n) is 8.91. The number of halogens is 1. The number of ether oxygens (including phenoxy) is 5. The SMILES string of the molecule is CO/C=C\[C@]1(OC)ON(c2cc(C(=O)OC)cc(OC)c2I)C[C@H]2[C@@H]1N2C(=O)OC. The van der Waals surface area contributed by atoms with Crippen LogP contribution < -0.4 is 9.80 Å². The fraction of sp³-hybridized carbons (Fsp3) is 0.474. The van der Waals surface area contributed by atoms with Gasteiger partial charge >= 0.3 is 12.1 Å². The van der Waals surface area contributed by atoms with Gasteiger partial charge in [0.15, 0.2) is 0 Å². The number of hydroxylamine groups is 1. The molecular formula is C19H23IN2O8. The lowest BCUT2D eigenvalue weighted by Gasteiger charge is -2.38. The second-order valence-corrected chi connectivity index (χ2v) is 7.59. The van der Waals surface area contributed by atoms with E-state index in [1.165, 1.54) is 46.7 Å². The maximum atomic E-state index is 12.2. The van der Waals surface area contributed by atoms with Crippen LogP contribution in [-0.4, -0.2) is 76.9 Å². The number of carbonyl (C=O) groups excluding carboxylic acids is 2. The summed E-state index contributed by atoms with van der Waals surface area (Å²) in [7, 11) is 7.11. The Morgan fingerprint density at radius 3 is 2.50 bits per heavy atom. The average Bonchev–Trinajstić information content (AvgIpc) is 3.51. The van der Waals surface area contributed by atoms with E-state index in [1.54, 1.807) is 23.3 Å². The van der Waals surface area contributed by atoms with E-state index in [-0.39, 0.29) is 6.04 Å². The highest BCUT2D eigenvalue weighted by Crippen LogP contribution is 2.48. The highest BCUT2D eigenvalue weighted by molar-refractivity contribution is 14.1. The molecule has 1 aromatic carbocycles. The summed E-state index contributed by atoms with van der Waals surface area (Å²) in [5.41, 5.74) is 0.865. The molecule has 2 heterocycles. The molecule has 0 radical (unpaired) electrons. The van der Waals surface area contributed by atoms with E-state index in [0.717, 1.165) is 0 Å². The van der Waals surface area contributed by atoms with Crippen LogP contribution in [0.15, 0.2) is 24.5 Å². The molecule has 0 spiro atoms. The van der Waals surface area contributed by atoms with Crippen LogP contribution in [0.4, 0.5) is 10.5 Å². The molecule has 0 saturated carbocycles. The lowest BCUT2D eigenvalue weighted by atomic mass is 10.1. The number of fused-ring (bicyclic) bond motifs is 1. The fourth-order valence-electron chi connectivity index (χ4n) is 3.53. The Hall–Kier alpha value is -2.25. The van der Waals surface area contributed by atoms with Gasteiger partial charge in [-0.05, 0) is 34.7 Å². The van der Waals surface area contributed by atoms with Gasteiger partial charge in [-0.3, -0.25) is 4.90 Å². The summed E-state index contributed by atoms with van der Waals surface area (Å²) in [6.45, 7) is 0.329. The van der Waals surface area contributed by atoms with Crippen molar-refractivity contribution in [2.45, 2.75) is 17.9 Å². The third-order valence-corrected chi connectivity index (χ3v) is 6.10. The number of nitrogens with zero attached hydrogens (tertiary/aromatic N) is 2. The maximum absolute atomic E-state index is 12.2. The predicted molar refractivity (Wildman–Crippen MR) is 113 cm³/mol. The lowest BCUT2D eigenvalue weighted by Crippen LogP contribution is -2.52. The molecule has 1 amide bonds. The number of carbonyl (C=O) groups is 2. The van der Waals surface area contributed by atoms with Crippen molar-refractivity contribution in [1.29, 1.82) is 0 Å². The molecule has 1 aromatic rings. The molecule has 0 bridgehead atoms. The quantitative estimate of drug-likeness (QED) is 0.236. The molecule has 30 heavy (non-hydrogen) atoms. The Morgan fingerprint density at radius 1 is 1.20 bits per heavy atom. The van der Waals surface area contributed by atoms with Gasteiger partial charge in [0.25, 0.3) is 0 Å². The van der Waals surface area contributed by atoms with Crippen molar-refractivity contribution in [2.24, 2.45) is 0 Å². The Morgan fingerprint density at radius 2 is 1.93 bits per heavy atom. The van der Waals surface area contributed by atoms with Gasteiger partial charge in [0, 0.05) is 13.2 Å².